The van der Waals surface area contributed by atoms with E-state index in [9.17, 15) is 22.4 Å². The molecule has 0 aliphatic heterocycles. The molecule has 1 heterocycles. The minimum absolute atomic E-state index is 0.00763. The van der Waals surface area contributed by atoms with Gasteiger partial charge >= 0.3 is 12.0 Å². The highest BCUT2D eigenvalue weighted by Crippen LogP contribution is 2.32. The van der Waals surface area contributed by atoms with Gasteiger partial charge in [-0.15, -0.1) is 11.8 Å². The highest BCUT2D eigenvalue weighted by molar-refractivity contribution is 8.01. The van der Waals surface area contributed by atoms with Crippen LogP contribution >= 0.6 is 23.1 Å². The summed E-state index contributed by atoms with van der Waals surface area (Å²) >= 11 is 2.54. The molecule has 3 rings (SSSR count). The first-order valence-electron chi connectivity index (χ1n) is 10.4. The number of halogens is 1. The Balaban J connectivity index is 1.77. The molecular formula is C21H26FN3O5S3. The van der Waals surface area contributed by atoms with Gasteiger partial charge in [0.25, 0.3) is 0 Å². The van der Waals surface area contributed by atoms with Crippen molar-refractivity contribution in [3.8, 4) is 0 Å². The van der Waals surface area contributed by atoms with Crippen LogP contribution < -0.4 is 10.2 Å². The number of nitrogens with zero attached hydrogens (tertiary/aromatic N) is 2. The number of thiazole rings is 1. The maximum Gasteiger partial charge on any atom is 0.328 e. The highest BCUT2D eigenvalue weighted by Gasteiger charge is 2.26. The van der Waals surface area contributed by atoms with E-state index in [1.807, 2.05) is 0 Å². The monoisotopic (exact) mass is 515 g/mol. The number of amides is 2. The molecule has 1 aromatic heterocycles. The fraction of sp³-hybridized carbons (Fsp3) is 0.476. The maximum absolute atomic E-state index is 14.9. The van der Waals surface area contributed by atoms with Gasteiger partial charge in [-0.25, -0.2) is 22.6 Å². The molecule has 8 nitrogen and oxygen atoms in total. The number of carboxylic acid groups (broad SMARTS) is 1. The molecule has 33 heavy (non-hydrogen) atoms. The quantitative estimate of drug-likeness (QED) is 0.464. The van der Waals surface area contributed by atoms with Crippen molar-refractivity contribution in [1.29, 1.82) is 0 Å². The molecule has 1 aliphatic carbocycles. The van der Waals surface area contributed by atoms with Crippen LogP contribution in [0.2, 0.25) is 0 Å². The van der Waals surface area contributed by atoms with E-state index >= 15 is 0 Å². The van der Waals surface area contributed by atoms with Crippen LogP contribution in [-0.4, -0.2) is 49.1 Å². The summed E-state index contributed by atoms with van der Waals surface area (Å²) in [6.45, 7) is 1.92. The molecule has 2 N–H and O–H groups in total. The zero-order chi connectivity index (χ0) is 24.2. The molecule has 12 heteroatoms. The van der Waals surface area contributed by atoms with E-state index in [1.165, 1.54) is 40.1 Å². The third kappa shape index (κ3) is 6.90. The molecule has 1 atom stereocenters. The van der Waals surface area contributed by atoms with Gasteiger partial charge in [0.15, 0.2) is 15.0 Å². The fourth-order valence-electron chi connectivity index (χ4n) is 3.50. The zero-order valence-corrected chi connectivity index (χ0v) is 20.7. The van der Waals surface area contributed by atoms with Crippen molar-refractivity contribution in [2.24, 2.45) is 11.8 Å². The van der Waals surface area contributed by atoms with Crippen LogP contribution in [0, 0.1) is 17.7 Å². The number of rotatable bonds is 9. The number of aromatic nitrogens is 1. The minimum atomic E-state index is -3.58. The van der Waals surface area contributed by atoms with Gasteiger partial charge in [0.1, 0.15) is 5.82 Å². The Morgan fingerprint density at radius 1 is 1.36 bits per heavy atom. The molecule has 0 spiro atoms. The lowest BCUT2D eigenvalue weighted by Gasteiger charge is -2.26. The number of aliphatic carboxylic acids is 1. The number of hydrogen-bond acceptors (Lipinski definition) is 7. The lowest BCUT2D eigenvalue weighted by Crippen LogP contribution is -2.38. The number of sulfone groups is 1. The largest absolute Gasteiger partial charge is 0.481 e. The molecule has 1 saturated carbocycles. The Morgan fingerprint density at radius 2 is 2.06 bits per heavy atom. The van der Waals surface area contributed by atoms with E-state index in [1.54, 1.807) is 13.1 Å². The fourth-order valence-corrected chi connectivity index (χ4v) is 6.03. The second-order valence-electron chi connectivity index (χ2n) is 8.11. The van der Waals surface area contributed by atoms with Crippen molar-refractivity contribution in [2.45, 2.75) is 41.7 Å². The number of benzene rings is 1. The second-order valence-corrected chi connectivity index (χ2v) is 12.5. The topological polar surface area (TPSA) is 117 Å². The number of anilines is 2. The third-order valence-corrected chi connectivity index (χ3v) is 8.87. The van der Waals surface area contributed by atoms with Crippen molar-refractivity contribution in [3.63, 3.8) is 0 Å². The van der Waals surface area contributed by atoms with Crippen LogP contribution in [0.25, 0.3) is 0 Å². The first-order valence-corrected chi connectivity index (χ1v) is 14.1. The molecule has 2 aromatic rings. The van der Waals surface area contributed by atoms with E-state index in [0.717, 1.165) is 42.2 Å². The third-order valence-electron chi connectivity index (χ3n) is 5.39. The van der Waals surface area contributed by atoms with Gasteiger partial charge in [-0.3, -0.25) is 15.0 Å². The van der Waals surface area contributed by atoms with Crippen LogP contribution in [0.5, 0.6) is 0 Å². The zero-order valence-electron chi connectivity index (χ0n) is 18.3. The van der Waals surface area contributed by atoms with Gasteiger partial charge in [-0.1, -0.05) is 31.1 Å². The normalized spacial score (nSPS) is 15.4. The average Bonchev–Trinajstić information content (AvgIpc) is 3.41. The Morgan fingerprint density at radius 3 is 2.67 bits per heavy atom. The minimum Gasteiger partial charge on any atom is -0.481 e. The van der Waals surface area contributed by atoms with Gasteiger partial charge in [-0.05, 0) is 37.0 Å². The van der Waals surface area contributed by atoms with Crippen molar-refractivity contribution < 1.29 is 27.5 Å². The van der Waals surface area contributed by atoms with Crippen molar-refractivity contribution in [2.75, 3.05) is 28.8 Å². The summed E-state index contributed by atoms with van der Waals surface area (Å²) in [5, 5.41) is 12.0. The Bertz CT molecular complexity index is 1120. The SMILES string of the molecule is CC(CSc1cnc(NC(=O)N(CC2CCCC2)c2ccc(S(C)(=O)=O)cc2F)s1)C(=O)O. The van der Waals surface area contributed by atoms with Gasteiger partial charge in [0.05, 0.1) is 26.9 Å². The van der Waals surface area contributed by atoms with Crippen molar-refractivity contribution >= 4 is 55.8 Å². The number of nitrogens with one attached hydrogen (secondary N) is 1. The van der Waals surface area contributed by atoms with E-state index < -0.39 is 33.6 Å². The number of carbonyl (C=O) groups is 2. The van der Waals surface area contributed by atoms with Crippen LogP contribution in [0.1, 0.15) is 32.6 Å². The molecule has 1 unspecified atom stereocenters. The van der Waals surface area contributed by atoms with Crippen LogP contribution in [0.15, 0.2) is 33.5 Å². The summed E-state index contributed by atoms with van der Waals surface area (Å²) in [6, 6.07) is 2.99. The van der Waals surface area contributed by atoms with Crippen molar-refractivity contribution in [1.82, 2.24) is 4.98 Å². The molecule has 0 bridgehead atoms. The molecule has 0 saturated heterocycles. The van der Waals surface area contributed by atoms with Crippen LogP contribution in [0.3, 0.4) is 0 Å². The number of urea groups is 1. The van der Waals surface area contributed by atoms with E-state index in [2.05, 4.69) is 10.3 Å². The predicted molar refractivity (Wildman–Crippen MR) is 127 cm³/mol. The molecule has 2 amide bonds. The summed E-state index contributed by atoms with van der Waals surface area (Å²) in [4.78, 5) is 29.4. The van der Waals surface area contributed by atoms with Crippen LogP contribution in [-0.2, 0) is 14.6 Å². The smallest absolute Gasteiger partial charge is 0.328 e. The lowest BCUT2D eigenvalue weighted by molar-refractivity contribution is -0.140. The molecule has 1 aliphatic rings. The predicted octanol–water partition coefficient (Wildman–Crippen LogP) is 4.73. The van der Waals surface area contributed by atoms with E-state index in [-0.39, 0.29) is 16.5 Å². The van der Waals surface area contributed by atoms with Gasteiger partial charge in [-0.2, -0.15) is 0 Å². The van der Waals surface area contributed by atoms with E-state index in [0.29, 0.717) is 17.4 Å². The molecule has 1 aromatic carbocycles. The Kier molecular flexibility index (Phi) is 8.35. The number of thioether (sulfide) groups is 1. The van der Waals surface area contributed by atoms with Gasteiger partial charge in [0.2, 0.25) is 0 Å². The second kappa shape index (κ2) is 10.8. The Labute approximate surface area is 200 Å². The summed E-state index contributed by atoms with van der Waals surface area (Å²) < 4.78 is 39.2. The molecule has 1 fully saturated rings. The molecule has 0 radical (unpaired) electrons. The summed E-state index contributed by atoms with van der Waals surface area (Å²) in [5.74, 6) is -1.59. The maximum atomic E-state index is 14.9. The summed E-state index contributed by atoms with van der Waals surface area (Å²) in [7, 11) is -3.58. The molecule has 180 valence electrons. The van der Waals surface area contributed by atoms with Gasteiger partial charge in [0, 0.05) is 18.6 Å². The first-order chi connectivity index (χ1) is 15.5. The number of carboxylic acids is 1. The average molecular weight is 516 g/mol. The van der Waals surface area contributed by atoms with E-state index in [4.69, 9.17) is 5.11 Å². The first kappa shape index (κ1) is 25.4. The summed E-state index contributed by atoms with van der Waals surface area (Å²) in [6.07, 6.45) is 6.54. The summed E-state index contributed by atoms with van der Waals surface area (Å²) in [5.41, 5.74) is 0.00763. The van der Waals surface area contributed by atoms with Gasteiger partial charge < -0.3 is 5.11 Å². The molecular weight excluding hydrogens is 489 g/mol. The van der Waals surface area contributed by atoms with Crippen molar-refractivity contribution in [3.05, 3.63) is 30.2 Å². The number of hydrogen-bond donors (Lipinski definition) is 2. The van der Waals surface area contributed by atoms with Crippen LogP contribution in [0.4, 0.5) is 20.0 Å². The standard InChI is InChI=1S/C21H26FN3O5S3/c1-13(19(26)27)12-31-18-10-23-20(32-18)24-21(28)25(11-14-5-3-4-6-14)17-8-7-15(9-16(17)22)33(2,29)30/h7-10,13-14H,3-6,11-12H2,1-2H3,(H,26,27)(H,23,24,28). The highest BCUT2D eigenvalue weighted by atomic mass is 32.2. The number of carbonyl (C=O) groups excluding carboxylic acids is 1. The Hall–Kier alpha value is -2.18. The lowest BCUT2D eigenvalue weighted by atomic mass is 10.1.